The molecule has 0 bridgehead atoms. The Morgan fingerprint density at radius 3 is 3.00 bits per heavy atom. The maximum Gasteiger partial charge on any atom is 0.0840 e. The third-order valence-electron chi connectivity index (χ3n) is 4.57. The van der Waals surface area contributed by atoms with E-state index >= 15 is 0 Å². The highest BCUT2D eigenvalue weighted by molar-refractivity contribution is 5.13. The van der Waals surface area contributed by atoms with Crippen LogP contribution in [0.2, 0.25) is 0 Å². The molecule has 3 atom stereocenters. The number of nitrogens with one attached hydrogen (secondary N) is 1. The first-order chi connectivity index (χ1) is 9.70. The van der Waals surface area contributed by atoms with Gasteiger partial charge < -0.3 is 10.1 Å². The normalized spacial score (nSPS) is 28.2. The molecule has 1 aliphatic rings. The molecular formula is C17H28N2O. The van der Waals surface area contributed by atoms with Gasteiger partial charge in [0.1, 0.15) is 0 Å². The van der Waals surface area contributed by atoms with Gasteiger partial charge in [-0.15, -0.1) is 0 Å². The van der Waals surface area contributed by atoms with Crippen molar-refractivity contribution in [3.63, 3.8) is 0 Å². The fourth-order valence-electron chi connectivity index (χ4n) is 3.69. The number of hydrogen-bond donors (Lipinski definition) is 1. The second-order valence-corrected chi connectivity index (χ2v) is 6.11. The number of aromatic nitrogens is 1. The van der Waals surface area contributed by atoms with E-state index in [1.807, 2.05) is 18.5 Å². The van der Waals surface area contributed by atoms with E-state index in [9.17, 15) is 0 Å². The van der Waals surface area contributed by atoms with Crippen LogP contribution >= 0.6 is 0 Å². The van der Waals surface area contributed by atoms with Crippen LogP contribution in [0, 0.1) is 5.92 Å². The van der Waals surface area contributed by atoms with E-state index in [1.165, 1.54) is 18.4 Å². The molecule has 0 aromatic carbocycles. The minimum Gasteiger partial charge on any atom is -0.374 e. The summed E-state index contributed by atoms with van der Waals surface area (Å²) in [5.74, 6) is 0.750. The molecule has 0 radical (unpaired) electrons. The Kier molecular flexibility index (Phi) is 5.55. The first-order valence-electron chi connectivity index (χ1n) is 7.90. The Morgan fingerprint density at radius 2 is 2.40 bits per heavy atom. The summed E-state index contributed by atoms with van der Waals surface area (Å²) >= 11 is 0. The Labute approximate surface area is 123 Å². The molecule has 1 saturated carbocycles. The highest BCUT2D eigenvalue weighted by Gasteiger charge is 2.41. The van der Waals surface area contributed by atoms with Crippen molar-refractivity contribution in [3.8, 4) is 0 Å². The fourth-order valence-corrected chi connectivity index (χ4v) is 3.69. The van der Waals surface area contributed by atoms with E-state index in [1.54, 1.807) is 0 Å². The van der Waals surface area contributed by atoms with Crippen LogP contribution in [-0.2, 0) is 11.2 Å². The third-order valence-corrected chi connectivity index (χ3v) is 4.57. The minimum atomic E-state index is -0.0169. The molecule has 3 heteroatoms. The smallest absolute Gasteiger partial charge is 0.0840 e. The molecule has 1 fully saturated rings. The monoisotopic (exact) mass is 276 g/mol. The maximum atomic E-state index is 6.28. The number of ether oxygens (including phenoxy) is 1. The molecule has 0 aliphatic heterocycles. The summed E-state index contributed by atoms with van der Waals surface area (Å²) in [5.41, 5.74) is 1.26. The van der Waals surface area contributed by atoms with E-state index in [4.69, 9.17) is 4.74 Å². The second kappa shape index (κ2) is 7.19. The summed E-state index contributed by atoms with van der Waals surface area (Å²) in [6.45, 7) is 5.25. The van der Waals surface area contributed by atoms with Crippen molar-refractivity contribution in [1.82, 2.24) is 10.3 Å². The number of likely N-dealkylation sites (N-methyl/N-ethyl adjacent to an activating group) is 1. The first-order valence-corrected chi connectivity index (χ1v) is 7.90. The molecule has 3 nitrogen and oxygen atoms in total. The van der Waals surface area contributed by atoms with Gasteiger partial charge in [-0.3, -0.25) is 4.98 Å². The highest BCUT2D eigenvalue weighted by atomic mass is 16.5. The number of rotatable bonds is 6. The lowest BCUT2D eigenvalue weighted by atomic mass is 9.73. The molecule has 1 heterocycles. The lowest BCUT2D eigenvalue weighted by molar-refractivity contribution is -0.0988. The van der Waals surface area contributed by atoms with Gasteiger partial charge in [0.15, 0.2) is 0 Å². The molecule has 0 spiro atoms. The number of nitrogens with zero attached hydrogens (tertiary/aromatic N) is 1. The van der Waals surface area contributed by atoms with E-state index in [0.717, 1.165) is 31.8 Å². The topological polar surface area (TPSA) is 34.1 Å². The fraction of sp³-hybridized carbons (Fsp3) is 0.706. The zero-order valence-electron chi connectivity index (χ0n) is 13.1. The van der Waals surface area contributed by atoms with Crippen LogP contribution in [0.15, 0.2) is 24.5 Å². The Bertz CT molecular complexity index is 391. The van der Waals surface area contributed by atoms with E-state index < -0.39 is 0 Å². The molecule has 0 amide bonds. The molecule has 1 aliphatic carbocycles. The van der Waals surface area contributed by atoms with Crippen LogP contribution in [-0.4, -0.2) is 30.3 Å². The number of pyridine rings is 1. The summed E-state index contributed by atoms with van der Waals surface area (Å²) in [6, 6.07) is 4.52. The number of hydrogen-bond acceptors (Lipinski definition) is 3. The summed E-state index contributed by atoms with van der Waals surface area (Å²) in [7, 11) is 2.06. The lowest BCUT2D eigenvalue weighted by Crippen LogP contribution is -2.55. The second-order valence-electron chi connectivity index (χ2n) is 6.11. The summed E-state index contributed by atoms with van der Waals surface area (Å²) < 4.78 is 6.28. The van der Waals surface area contributed by atoms with Crippen LogP contribution in [0.4, 0.5) is 0 Å². The van der Waals surface area contributed by atoms with Gasteiger partial charge in [-0.1, -0.05) is 25.8 Å². The minimum absolute atomic E-state index is 0.0169. The van der Waals surface area contributed by atoms with Crippen molar-refractivity contribution < 1.29 is 4.74 Å². The van der Waals surface area contributed by atoms with Gasteiger partial charge >= 0.3 is 0 Å². The van der Waals surface area contributed by atoms with Gasteiger partial charge in [0.25, 0.3) is 0 Å². The summed E-state index contributed by atoms with van der Waals surface area (Å²) in [6.07, 6.45) is 9.71. The Balaban J connectivity index is 2.16. The van der Waals surface area contributed by atoms with Crippen molar-refractivity contribution in [2.24, 2.45) is 5.92 Å². The standard InChI is InChI=1S/C17H28N2O/c1-4-20-17(9-5-7-14(2)12-17)16(18-3)11-15-8-6-10-19-13-15/h6,8,10,13-14,16,18H,4-5,7,9,11-12H2,1-3H3. The van der Waals surface area contributed by atoms with Gasteiger partial charge in [-0.2, -0.15) is 0 Å². The summed E-state index contributed by atoms with van der Waals surface area (Å²) in [5, 5.41) is 3.51. The van der Waals surface area contributed by atoms with Crippen molar-refractivity contribution in [2.75, 3.05) is 13.7 Å². The van der Waals surface area contributed by atoms with Crippen LogP contribution < -0.4 is 5.32 Å². The molecule has 1 aromatic rings. The van der Waals surface area contributed by atoms with E-state index in [0.29, 0.717) is 6.04 Å². The third kappa shape index (κ3) is 3.58. The molecule has 20 heavy (non-hydrogen) atoms. The SMILES string of the molecule is CCOC1(C(Cc2cccnc2)NC)CCCC(C)C1. The van der Waals surface area contributed by atoms with Gasteiger partial charge in [0, 0.05) is 25.0 Å². The molecule has 0 saturated heterocycles. The zero-order chi connectivity index (χ0) is 14.4. The lowest BCUT2D eigenvalue weighted by Gasteiger charge is -2.45. The van der Waals surface area contributed by atoms with Crippen LogP contribution in [0.25, 0.3) is 0 Å². The maximum absolute atomic E-state index is 6.28. The van der Waals surface area contributed by atoms with Gasteiger partial charge in [0.05, 0.1) is 5.60 Å². The molecule has 1 N–H and O–H groups in total. The summed E-state index contributed by atoms with van der Waals surface area (Å²) in [4.78, 5) is 4.23. The molecule has 3 unspecified atom stereocenters. The van der Waals surface area contributed by atoms with E-state index in [-0.39, 0.29) is 5.60 Å². The highest BCUT2D eigenvalue weighted by Crippen LogP contribution is 2.38. The quantitative estimate of drug-likeness (QED) is 0.866. The molecule has 112 valence electrons. The average molecular weight is 276 g/mol. The first kappa shape index (κ1) is 15.5. The van der Waals surface area contributed by atoms with Crippen molar-refractivity contribution in [3.05, 3.63) is 30.1 Å². The Morgan fingerprint density at radius 1 is 1.55 bits per heavy atom. The molecular weight excluding hydrogens is 248 g/mol. The van der Waals surface area contributed by atoms with Crippen LogP contribution in [0.3, 0.4) is 0 Å². The van der Waals surface area contributed by atoms with Crippen molar-refractivity contribution >= 4 is 0 Å². The van der Waals surface area contributed by atoms with Gasteiger partial charge in [-0.25, -0.2) is 0 Å². The molecule has 2 rings (SSSR count). The van der Waals surface area contributed by atoms with Gasteiger partial charge in [0.2, 0.25) is 0 Å². The molecule has 1 aromatic heterocycles. The van der Waals surface area contributed by atoms with Crippen LogP contribution in [0.5, 0.6) is 0 Å². The van der Waals surface area contributed by atoms with Crippen LogP contribution in [0.1, 0.15) is 45.1 Å². The van der Waals surface area contributed by atoms with E-state index in [2.05, 4.69) is 37.3 Å². The zero-order valence-corrected chi connectivity index (χ0v) is 13.1. The Hall–Kier alpha value is -0.930. The largest absolute Gasteiger partial charge is 0.374 e. The average Bonchev–Trinajstić information content (AvgIpc) is 2.46. The van der Waals surface area contributed by atoms with Crippen molar-refractivity contribution in [1.29, 1.82) is 0 Å². The predicted molar refractivity (Wildman–Crippen MR) is 82.8 cm³/mol. The van der Waals surface area contributed by atoms with Crippen molar-refractivity contribution in [2.45, 2.75) is 57.6 Å². The van der Waals surface area contributed by atoms with Gasteiger partial charge in [-0.05, 0) is 50.8 Å². The predicted octanol–water partition coefficient (Wildman–Crippen LogP) is 3.20.